The Balaban J connectivity index is 3.01. The monoisotopic (exact) mass is 283 g/mol. The second kappa shape index (κ2) is 6.41. The molecule has 1 rings (SSSR count). The number of methoxy groups -OCH3 is 1. The summed E-state index contributed by atoms with van der Waals surface area (Å²) in [5.41, 5.74) is -0.0363. The highest BCUT2D eigenvalue weighted by molar-refractivity contribution is 5.98. The summed E-state index contributed by atoms with van der Waals surface area (Å²) in [5.74, 6) is -3.64. The van der Waals surface area contributed by atoms with Crippen LogP contribution in [-0.4, -0.2) is 58.3 Å². The molecule has 3 N–H and O–H groups in total. The molecule has 0 aromatic heterocycles. The molecule has 0 unspecified atom stereocenters. The molecule has 0 aliphatic carbocycles. The highest BCUT2D eigenvalue weighted by Gasteiger charge is 2.21. The van der Waals surface area contributed by atoms with Gasteiger partial charge in [-0.15, -0.1) is 0 Å². The van der Waals surface area contributed by atoms with Crippen molar-refractivity contribution in [2.75, 3.05) is 20.2 Å². The molecule has 8 heteroatoms. The summed E-state index contributed by atoms with van der Waals surface area (Å²) in [4.78, 5) is 33.9. The molecular formula is C12H13NO7. The Hall–Kier alpha value is -2.77. The molecule has 1 aromatic rings. The highest BCUT2D eigenvalue weighted by atomic mass is 16.5. The lowest BCUT2D eigenvalue weighted by molar-refractivity contribution is -0.140. The van der Waals surface area contributed by atoms with Crippen LogP contribution >= 0.6 is 0 Å². The number of benzene rings is 1. The average molecular weight is 283 g/mol. The van der Waals surface area contributed by atoms with Gasteiger partial charge < -0.3 is 25.0 Å². The van der Waals surface area contributed by atoms with Crippen LogP contribution in [0.3, 0.4) is 0 Å². The van der Waals surface area contributed by atoms with Crippen molar-refractivity contribution in [2.24, 2.45) is 0 Å². The minimum absolute atomic E-state index is 0.0363. The maximum absolute atomic E-state index is 12.0. The fourth-order valence-electron chi connectivity index (χ4n) is 1.53. The summed E-state index contributed by atoms with van der Waals surface area (Å²) in [5, 5.41) is 26.9. The van der Waals surface area contributed by atoms with Gasteiger partial charge in [0.25, 0.3) is 5.91 Å². The van der Waals surface area contributed by atoms with Gasteiger partial charge in [0, 0.05) is 5.56 Å². The summed E-state index contributed by atoms with van der Waals surface area (Å²) in [7, 11) is 1.33. The third-order valence-electron chi connectivity index (χ3n) is 2.37. The lowest BCUT2D eigenvalue weighted by Gasteiger charge is -2.18. The number of carboxylic acids is 2. The number of nitrogens with zero attached hydrogens (tertiary/aromatic N) is 1. The highest BCUT2D eigenvalue weighted by Crippen LogP contribution is 2.26. The molecule has 20 heavy (non-hydrogen) atoms. The summed E-state index contributed by atoms with van der Waals surface area (Å²) < 4.78 is 4.81. The Morgan fingerprint density at radius 2 is 1.70 bits per heavy atom. The van der Waals surface area contributed by atoms with Crippen LogP contribution in [0.5, 0.6) is 11.5 Å². The maximum Gasteiger partial charge on any atom is 0.323 e. The summed E-state index contributed by atoms with van der Waals surface area (Å²) >= 11 is 0. The molecule has 0 radical (unpaired) electrons. The van der Waals surface area contributed by atoms with Gasteiger partial charge in [0.15, 0.2) is 11.5 Å². The zero-order valence-corrected chi connectivity index (χ0v) is 10.6. The van der Waals surface area contributed by atoms with Crippen LogP contribution in [0.25, 0.3) is 0 Å². The molecular weight excluding hydrogens is 270 g/mol. The quantitative estimate of drug-likeness (QED) is 0.671. The number of ether oxygens (including phenoxy) is 1. The van der Waals surface area contributed by atoms with Crippen molar-refractivity contribution in [3.8, 4) is 11.5 Å². The standard InChI is InChI=1S/C12H13NO7/c1-20-9-3-2-7(4-8(9)14)12(19)13(5-10(15)16)6-11(17)18/h2-4,14H,5-6H2,1H3,(H,15,16)(H,17,18). The molecule has 108 valence electrons. The van der Waals surface area contributed by atoms with E-state index >= 15 is 0 Å². The summed E-state index contributed by atoms with van der Waals surface area (Å²) in [6.45, 7) is -1.50. The first-order valence-electron chi connectivity index (χ1n) is 5.45. The number of carbonyl (C=O) groups excluding carboxylic acids is 1. The second-order valence-electron chi connectivity index (χ2n) is 3.84. The number of carboxylic acid groups (broad SMARTS) is 2. The van der Waals surface area contributed by atoms with E-state index in [9.17, 15) is 19.5 Å². The SMILES string of the molecule is COc1ccc(C(=O)N(CC(=O)O)CC(=O)O)cc1O. The number of rotatable bonds is 6. The maximum atomic E-state index is 12.0. The molecule has 1 amide bonds. The van der Waals surface area contributed by atoms with Crippen LogP contribution in [0.15, 0.2) is 18.2 Å². The molecule has 0 spiro atoms. The van der Waals surface area contributed by atoms with Crippen molar-refractivity contribution >= 4 is 17.8 Å². The fraction of sp³-hybridized carbons (Fsp3) is 0.250. The predicted octanol–water partition coefficient (Wildman–Crippen LogP) is 0.0122. The molecule has 0 aliphatic heterocycles. The second-order valence-corrected chi connectivity index (χ2v) is 3.84. The topological polar surface area (TPSA) is 124 Å². The van der Waals surface area contributed by atoms with Gasteiger partial charge in [-0.1, -0.05) is 0 Å². The van der Waals surface area contributed by atoms with Gasteiger partial charge in [-0.05, 0) is 18.2 Å². The number of carbonyl (C=O) groups is 3. The van der Waals surface area contributed by atoms with Gasteiger partial charge >= 0.3 is 11.9 Å². The zero-order chi connectivity index (χ0) is 15.3. The minimum Gasteiger partial charge on any atom is -0.504 e. The Labute approximate surface area is 113 Å². The van der Waals surface area contributed by atoms with Crippen molar-refractivity contribution in [3.63, 3.8) is 0 Å². The van der Waals surface area contributed by atoms with Gasteiger partial charge in [0.05, 0.1) is 7.11 Å². The van der Waals surface area contributed by atoms with Crippen LogP contribution in [0, 0.1) is 0 Å². The largest absolute Gasteiger partial charge is 0.504 e. The zero-order valence-electron chi connectivity index (χ0n) is 10.6. The Kier molecular flexibility index (Phi) is 4.90. The van der Waals surface area contributed by atoms with Gasteiger partial charge in [0.2, 0.25) is 0 Å². The smallest absolute Gasteiger partial charge is 0.323 e. The first kappa shape index (κ1) is 15.3. The van der Waals surface area contributed by atoms with Crippen LogP contribution < -0.4 is 4.74 Å². The van der Waals surface area contributed by atoms with E-state index in [4.69, 9.17) is 14.9 Å². The predicted molar refractivity (Wildman–Crippen MR) is 65.8 cm³/mol. The van der Waals surface area contributed by atoms with Crippen LogP contribution in [0.1, 0.15) is 10.4 Å². The molecule has 0 bridgehead atoms. The molecule has 0 saturated carbocycles. The van der Waals surface area contributed by atoms with Crippen molar-refractivity contribution < 1.29 is 34.4 Å². The molecule has 0 heterocycles. The average Bonchev–Trinajstić information content (AvgIpc) is 2.35. The third kappa shape index (κ3) is 3.87. The summed E-state index contributed by atoms with van der Waals surface area (Å²) in [6.07, 6.45) is 0. The number of aliphatic carboxylic acids is 2. The van der Waals surface area contributed by atoms with Crippen molar-refractivity contribution in [3.05, 3.63) is 23.8 Å². The Morgan fingerprint density at radius 3 is 2.10 bits per heavy atom. The molecule has 0 saturated heterocycles. The van der Waals surface area contributed by atoms with Crippen molar-refractivity contribution in [2.45, 2.75) is 0 Å². The number of amides is 1. The van der Waals surface area contributed by atoms with Crippen molar-refractivity contribution in [1.82, 2.24) is 4.90 Å². The number of phenols is 1. The lowest BCUT2D eigenvalue weighted by atomic mass is 10.1. The minimum atomic E-state index is -1.34. The molecule has 0 aliphatic rings. The van der Waals surface area contributed by atoms with Gasteiger partial charge in [-0.3, -0.25) is 14.4 Å². The van der Waals surface area contributed by atoms with E-state index in [0.717, 1.165) is 6.07 Å². The van der Waals surface area contributed by atoms with E-state index in [2.05, 4.69) is 0 Å². The van der Waals surface area contributed by atoms with Gasteiger partial charge in [-0.2, -0.15) is 0 Å². The molecule has 8 nitrogen and oxygen atoms in total. The van der Waals surface area contributed by atoms with Crippen molar-refractivity contribution in [1.29, 1.82) is 0 Å². The normalized spacial score (nSPS) is 9.85. The third-order valence-corrected chi connectivity index (χ3v) is 2.37. The first-order valence-corrected chi connectivity index (χ1v) is 5.45. The fourth-order valence-corrected chi connectivity index (χ4v) is 1.53. The van der Waals surface area contributed by atoms with E-state index in [1.165, 1.54) is 19.2 Å². The summed E-state index contributed by atoms with van der Waals surface area (Å²) in [6, 6.07) is 3.71. The van der Waals surface area contributed by atoms with Crippen LogP contribution in [0.4, 0.5) is 0 Å². The number of hydrogen-bond donors (Lipinski definition) is 3. The van der Waals surface area contributed by atoms with E-state index in [0.29, 0.717) is 4.90 Å². The van der Waals surface area contributed by atoms with E-state index < -0.39 is 30.9 Å². The van der Waals surface area contributed by atoms with E-state index in [1.807, 2.05) is 0 Å². The molecule has 0 fully saturated rings. The lowest BCUT2D eigenvalue weighted by Crippen LogP contribution is -2.39. The van der Waals surface area contributed by atoms with E-state index in [1.54, 1.807) is 0 Å². The first-order chi connectivity index (χ1) is 9.35. The molecule has 1 aromatic carbocycles. The Bertz CT molecular complexity index is 525. The van der Waals surface area contributed by atoms with E-state index in [-0.39, 0.29) is 17.1 Å². The Morgan fingerprint density at radius 1 is 1.15 bits per heavy atom. The molecule has 0 atom stereocenters. The van der Waals surface area contributed by atoms with Crippen LogP contribution in [0.2, 0.25) is 0 Å². The van der Waals surface area contributed by atoms with Gasteiger partial charge in [0.1, 0.15) is 13.1 Å². The number of hydrogen-bond acceptors (Lipinski definition) is 5. The van der Waals surface area contributed by atoms with Crippen LogP contribution in [-0.2, 0) is 9.59 Å². The number of phenolic OH excluding ortho intramolecular Hbond substituents is 1. The van der Waals surface area contributed by atoms with Gasteiger partial charge in [-0.25, -0.2) is 0 Å². The number of aromatic hydroxyl groups is 1.